The lowest BCUT2D eigenvalue weighted by atomic mass is 10.1. The molecule has 0 aliphatic carbocycles. The molecule has 0 radical (unpaired) electrons. The minimum Gasteiger partial charge on any atom is -0.343 e. The standard InChI is InChI=1S/C6H7FINO2/c1-3(10)4-2-6(7,8)5(11)9-4/h4H,2H2,1H3,(H,9,11)/t4-,6?/m0/s1. The predicted octanol–water partition coefficient (Wildman–Crippen LogP) is 0.565. The van der Waals surface area contributed by atoms with Gasteiger partial charge < -0.3 is 5.32 Å². The van der Waals surface area contributed by atoms with Crippen molar-refractivity contribution < 1.29 is 14.0 Å². The highest BCUT2D eigenvalue weighted by Crippen LogP contribution is 2.32. The van der Waals surface area contributed by atoms with Gasteiger partial charge in [0.2, 0.25) is 3.68 Å². The first-order valence-electron chi connectivity index (χ1n) is 3.13. The molecule has 1 unspecified atom stereocenters. The fourth-order valence-electron chi connectivity index (χ4n) is 0.909. The first-order valence-corrected chi connectivity index (χ1v) is 4.20. The molecule has 5 heteroatoms. The van der Waals surface area contributed by atoms with Crippen LogP contribution in [0, 0.1) is 0 Å². The van der Waals surface area contributed by atoms with Gasteiger partial charge in [0, 0.05) is 6.42 Å². The highest BCUT2D eigenvalue weighted by atomic mass is 127. The van der Waals surface area contributed by atoms with Crippen LogP contribution >= 0.6 is 22.6 Å². The number of carbonyl (C=O) groups excluding carboxylic acids is 2. The summed E-state index contributed by atoms with van der Waals surface area (Å²) >= 11 is 1.41. The van der Waals surface area contributed by atoms with Crippen LogP contribution in [0.25, 0.3) is 0 Å². The molecule has 3 nitrogen and oxygen atoms in total. The summed E-state index contributed by atoms with van der Waals surface area (Å²) in [4.78, 5) is 21.5. The monoisotopic (exact) mass is 271 g/mol. The van der Waals surface area contributed by atoms with Crippen molar-refractivity contribution >= 4 is 34.3 Å². The van der Waals surface area contributed by atoms with Crippen LogP contribution in [-0.2, 0) is 9.59 Å². The van der Waals surface area contributed by atoms with E-state index in [0.717, 1.165) is 0 Å². The van der Waals surface area contributed by atoms with Crippen LogP contribution in [0.15, 0.2) is 0 Å². The van der Waals surface area contributed by atoms with Crippen molar-refractivity contribution in [1.82, 2.24) is 5.32 Å². The van der Waals surface area contributed by atoms with E-state index in [1.54, 1.807) is 0 Å². The van der Waals surface area contributed by atoms with Gasteiger partial charge in [0.25, 0.3) is 5.91 Å². The fraction of sp³-hybridized carbons (Fsp3) is 0.667. The number of hydrogen-bond acceptors (Lipinski definition) is 2. The molecular formula is C6H7FINO2. The Morgan fingerprint density at radius 1 is 1.91 bits per heavy atom. The highest BCUT2D eigenvalue weighted by Gasteiger charge is 2.46. The normalized spacial score (nSPS) is 37.0. The van der Waals surface area contributed by atoms with E-state index in [0.29, 0.717) is 0 Å². The van der Waals surface area contributed by atoms with Gasteiger partial charge in [0.15, 0.2) is 5.78 Å². The van der Waals surface area contributed by atoms with Crippen molar-refractivity contribution in [1.29, 1.82) is 0 Å². The number of alkyl halides is 2. The molecular weight excluding hydrogens is 264 g/mol. The number of carbonyl (C=O) groups is 2. The Morgan fingerprint density at radius 2 is 2.45 bits per heavy atom. The molecule has 1 N–H and O–H groups in total. The van der Waals surface area contributed by atoms with E-state index >= 15 is 0 Å². The molecule has 1 amide bonds. The molecule has 0 aromatic carbocycles. The maximum atomic E-state index is 13.0. The number of ketones is 1. The molecule has 0 spiro atoms. The third kappa shape index (κ3) is 1.69. The highest BCUT2D eigenvalue weighted by molar-refractivity contribution is 14.1. The molecule has 0 saturated carbocycles. The molecule has 0 bridgehead atoms. The Hall–Kier alpha value is -0.200. The Morgan fingerprint density at radius 3 is 2.64 bits per heavy atom. The first kappa shape index (κ1) is 8.89. The molecule has 0 aromatic heterocycles. The largest absolute Gasteiger partial charge is 0.343 e. The van der Waals surface area contributed by atoms with Gasteiger partial charge in [0.05, 0.1) is 6.04 Å². The van der Waals surface area contributed by atoms with Gasteiger partial charge >= 0.3 is 0 Å². The van der Waals surface area contributed by atoms with Crippen LogP contribution in [0.2, 0.25) is 0 Å². The summed E-state index contributed by atoms with van der Waals surface area (Å²) in [5.41, 5.74) is 0. The number of amides is 1. The summed E-state index contributed by atoms with van der Waals surface area (Å²) in [7, 11) is 0. The predicted molar refractivity (Wildman–Crippen MR) is 45.1 cm³/mol. The molecule has 1 saturated heterocycles. The van der Waals surface area contributed by atoms with E-state index in [1.807, 2.05) is 0 Å². The smallest absolute Gasteiger partial charge is 0.268 e. The lowest BCUT2D eigenvalue weighted by Crippen LogP contribution is -2.32. The molecule has 1 aliphatic heterocycles. The Kier molecular flexibility index (Phi) is 2.17. The van der Waals surface area contributed by atoms with Crippen LogP contribution in [0.5, 0.6) is 0 Å². The molecule has 1 fully saturated rings. The van der Waals surface area contributed by atoms with Gasteiger partial charge in [-0.25, -0.2) is 4.39 Å². The first-order chi connectivity index (χ1) is 4.93. The van der Waals surface area contributed by atoms with Crippen LogP contribution in [0.1, 0.15) is 13.3 Å². The van der Waals surface area contributed by atoms with Crippen molar-refractivity contribution in [2.45, 2.75) is 23.1 Å². The Balaban J connectivity index is 2.72. The second kappa shape index (κ2) is 2.69. The van der Waals surface area contributed by atoms with Crippen LogP contribution < -0.4 is 5.32 Å². The minimum absolute atomic E-state index is 0.0538. The fourth-order valence-corrected chi connectivity index (χ4v) is 1.51. The average molecular weight is 271 g/mol. The topological polar surface area (TPSA) is 46.2 Å². The number of halogens is 2. The summed E-state index contributed by atoms with van der Waals surface area (Å²) in [5.74, 6) is -0.896. The number of hydrogen-bond donors (Lipinski definition) is 1. The van der Waals surface area contributed by atoms with Gasteiger partial charge in [-0.05, 0) is 29.5 Å². The van der Waals surface area contributed by atoms with E-state index in [2.05, 4.69) is 5.32 Å². The molecule has 1 rings (SSSR count). The molecule has 2 atom stereocenters. The average Bonchev–Trinajstić information content (AvgIpc) is 2.08. The zero-order valence-electron chi connectivity index (χ0n) is 5.86. The second-order valence-corrected chi connectivity index (χ2v) is 4.26. The molecule has 1 heterocycles. The molecule has 11 heavy (non-hydrogen) atoms. The molecule has 0 aromatic rings. The molecule has 62 valence electrons. The van der Waals surface area contributed by atoms with Gasteiger partial charge in [-0.15, -0.1) is 0 Å². The molecule has 1 aliphatic rings. The quantitative estimate of drug-likeness (QED) is 0.559. The third-order valence-corrected chi connectivity index (χ3v) is 2.52. The summed E-state index contributed by atoms with van der Waals surface area (Å²) < 4.78 is 11.1. The van der Waals surface area contributed by atoms with Gasteiger partial charge in [0.1, 0.15) is 0 Å². The van der Waals surface area contributed by atoms with Crippen LogP contribution in [0.4, 0.5) is 4.39 Å². The van der Waals surface area contributed by atoms with Crippen molar-refractivity contribution in [2.75, 3.05) is 0 Å². The summed E-state index contributed by atoms with van der Waals surface area (Å²) in [5, 5.41) is 2.27. The number of Topliss-reactive ketones (excluding diaryl/α,β-unsaturated/α-hetero) is 1. The second-order valence-electron chi connectivity index (χ2n) is 2.55. The zero-order valence-corrected chi connectivity index (χ0v) is 8.01. The SMILES string of the molecule is CC(=O)[C@@H]1CC(F)(I)C(=O)N1. The van der Waals surface area contributed by atoms with E-state index in [9.17, 15) is 14.0 Å². The van der Waals surface area contributed by atoms with E-state index < -0.39 is 15.6 Å². The summed E-state index contributed by atoms with van der Waals surface area (Å²) in [6, 6.07) is -0.635. The van der Waals surface area contributed by atoms with Crippen LogP contribution in [-0.4, -0.2) is 21.4 Å². The van der Waals surface area contributed by atoms with Crippen molar-refractivity contribution in [2.24, 2.45) is 0 Å². The lowest BCUT2D eigenvalue weighted by molar-refractivity contribution is -0.125. The third-order valence-electron chi connectivity index (χ3n) is 1.59. The van der Waals surface area contributed by atoms with E-state index in [4.69, 9.17) is 0 Å². The van der Waals surface area contributed by atoms with Gasteiger partial charge in [-0.1, -0.05) is 0 Å². The minimum atomic E-state index is -1.89. The van der Waals surface area contributed by atoms with Crippen molar-refractivity contribution in [3.05, 3.63) is 0 Å². The summed E-state index contributed by atoms with van der Waals surface area (Å²) in [6.45, 7) is 1.34. The zero-order chi connectivity index (χ0) is 8.65. The number of rotatable bonds is 1. The van der Waals surface area contributed by atoms with Crippen LogP contribution in [0.3, 0.4) is 0 Å². The van der Waals surface area contributed by atoms with Crippen molar-refractivity contribution in [3.8, 4) is 0 Å². The number of nitrogens with one attached hydrogen (secondary N) is 1. The maximum absolute atomic E-state index is 13.0. The van der Waals surface area contributed by atoms with E-state index in [-0.39, 0.29) is 12.2 Å². The van der Waals surface area contributed by atoms with Crippen molar-refractivity contribution in [3.63, 3.8) is 0 Å². The lowest BCUT2D eigenvalue weighted by Gasteiger charge is -2.04. The Bertz CT molecular complexity index is 217. The summed E-state index contributed by atoms with van der Waals surface area (Å²) in [6.07, 6.45) is -0.0538. The van der Waals surface area contributed by atoms with Gasteiger partial charge in [-0.2, -0.15) is 0 Å². The van der Waals surface area contributed by atoms with Gasteiger partial charge in [-0.3, -0.25) is 9.59 Å². The maximum Gasteiger partial charge on any atom is 0.268 e. The van der Waals surface area contributed by atoms with E-state index in [1.165, 1.54) is 29.5 Å². The Labute approximate surface area is 76.9 Å².